The highest BCUT2D eigenvalue weighted by atomic mass is 31.0. The average Bonchev–Trinajstić information content (AvgIpc) is 2.17. The molecule has 0 radical (unpaired) electrons. The SMILES string of the molecule is Cc1ccc(C(=O)N(P)OP)cn1. The number of rotatable bonds is 2. The summed E-state index contributed by atoms with van der Waals surface area (Å²) in [5.41, 5.74) is 1.36. The summed E-state index contributed by atoms with van der Waals surface area (Å²) in [5, 5.41) is 0. The van der Waals surface area contributed by atoms with Crippen LogP contribution in [0.4, 0.5) is 0 Å². The Balaban J connectivity index is 2.83. The van der Waals surface area contributed by atoms with Gasteiger partial charge in [-0.15, -0.1) is 0 Å². The number of aromatic nitrogens is 1. The van der Waals surface area contributed by atoms with E-state index in [-0.39, 0.29) is 5.91 Å². The minimum atomic E-state index is -0.257. The Morgan fingerprint density at radius 2 is 2.31 bits per heavy atom. The molecule has 70 valence electrons. The van der Waals surface area contributed by atoms with Crippen LogP contribution in [0.5, 0.6) is 0 Å². The molecule has 2 atom stereocenters. The summed E-state index contributed by atoms with van der Waals surface area (Å²) in [6.07, 6.45) is 1.51. The molecule has 4 nitrogen and oxygen atoms in total. The van der Waals surface area contributed by atoms with E-state index in [1.807, 2.05) is 16.4 Å². The van der Waals surface area contributed by atoms with Crippen LogP contribution >= 0.6 is 18.9 Å². The molecule has 0 saturated carbocycles. The second kappa shape index (κ2) is 4.61. The first-order valence-electron chi connectivity index (χ1n) is 3.54. The Kier molecular flexibility index (Phi) is 3.73. The van der Waals surface area contributed by atoms with Crippen molar-refractivity contribution in [2.45, 2.75) is 6.92 Å². The van der Waals surface area contributed by atoms with Crippen LogP contribution in [0.15, 0.2) is 18.3 Å². The van der Waals surface area contributed by atoms with E-state index in [1.165, 1.54) is 6.20 Å². The summed E-state index contributed by atoms with van der Waals surface area (Å²) in [4.78, 5) is 16.5. The van der Waals surface area contributed by atoms with Crippen LogP contribution in [0.2, 0.25) is 0 Å². The molecular weight excluding hydrogens is 206 g/mol. The predicted molar refractivity (Wildman–Crippen MR) is 55.6 cm³/mol. The first-order chi connectivity index (χ1) is 6.15. The summed E-state index contributed by atoms with van der Waals surface area (Å²) in [5.74, 6) is -0.257. The van der Waals surface area contributed by atoms with Gasteiger partial charge in [0.05, 0.1) is 5.56 Å². The second-order valence-corrected chi connectivity index (χ2v) is 3.10. The number of pyridine rings is 1. The largest absolute Gasteiger partial charge is 0.282 e. The number of hydrogen-bond donors (Lipinski definition) is 0. The normalized spacial score (nSPS) is 9.77. The third-order valence-electron chi connectivity index (χ3n) is 1.47. The van der Waals surface area contributed by atoms with E-state index in [4.69, 9.17) is 0 Å². The van der Waals surface area contributed by atoms with Crippen molar-refractivity contribution in [1.29, 1.82) is 0 Å². The Morgan fingerprint density at radius 3 is 2.77 bits per heavy atom. The first kappa shape index (κ1) is 10.5. The van der Waals surface area contributed by atoms with Crippen molar-refractivity contribution in [3.63, 3.8) is 0 Å². The molecule has 0 aliphatic heterocycles. The van der Waals surface area contributed by atoms with Gasteiger partial charge in [-0.2, -0.15) is 0 Å². The fourth-order valence-corrected chi connectivity index (χ4v) is 1.01. The zero-order valence-electron chi connectivity index (χ0n) is 7.10. The van der Waals surface area contributed by atoms with Gasteiger partial charge in [0.25, 0.3) is 5.91 Å². The van der Waals surface area contributed by atoms with Crippen LogP contribution in [0.25, 0.3) is 0 Å². The van der Waals surface area contributed by atoms with E-state index in [1.54, 1.807) is 12.1 Å². The van der Waals surface area contributed by atoms with Gasteiger partial charge in [-0.05, 0) is 28.4 Å². The lowest BCUT2D eigenvalue weighted by molar-refractivity contribution is 0.0418. The molecule has 1 aromatic heterocycles. The monoisotopic (exact) mass is 216 g/mol. The highest BCUT2D eigenvalue weighted by molar-refractivity contribution is 7.16. The highest BCUT2D eigenvalue weighted by Crippen LogP contribution is 2.11. The summed E-state index contributed by atoms with van der Waals surface area (Å²) in [6, 6.07) is 3.47. The van der Waals surface area contributed by atoms with Gasteiger partial charge in [-0.3, -0.25) is 14.4 Å². The third kappa shape index (κ3) is 2.70. The van der Waals surface area contributed by atoms with Crippen LogP contribution in [-0.2, 0) is 4.62 Å². The standard InChI is InChI=1S/C7H10N2O2P2/c1-5-2-3-6(4-8-5)7(10)9(12)11-13/h2-4H,12-13H2,1H3. The van der Waals surface area contributed by atoms with Crippen LogP contribution in [0.3, 0.4) is 0 Å². The molecule has 0 saturated heterocycles. The minimum absolute atomic E-state index is 0.257. The van der Waals surface area contributed by atoms with Gasteiger partial charge >= 0.3 is 0 Å². The Morgan fingerprint density at radius 1 is 1.62 bits per heavy atom. The number of carbonyl (C=O) groups is 1. The molecule has 2 unspecified atom stereocenters. The van der Waals surface area contributed by atoms with Crippen LogP contribution < -0.4 is 0 Å². The summed E-state index contributed by atoms with van der Waals surface area (Å²) in [7, 11) is 4.13. The van der Waals surface area contributed by atoms with Crippen molar-refractivity contribution in [2.75, 3.05) is 0 Å². The second-order valence-electron chi connectivity index (χ2n) is 2.42. The van der Waals surface area contributed by atoms with Crippen molar-refractivity contribution in [3.05, 3.63) is 29.6 Å². The predicted octanol–water partition coefficient (Wildman–Crippen LogP) is 1.34. The van der Waals surface area contributed by atoms with E-state index in [0.29, 0.717) is 5.56 Å². The molecule has 6 heteroatoms. The molecule has 0 spiro atoms. The number of nitrogens with zero attached hydrogens (tertiary/aromatic N) is 2. The number of carbonyl (C=O) groups excluding carboxylic acids is 1. The summed E-state index contributed by atoms with van der Waals surface area (Å²) < 4.78 is 4.63. The third-order valence-corrected chi connectivity index (χ3v) is 2.30. The highest BCUT2D eigenvalue weighted by Gasteiger charge is 2.10. The molecule has 0 N–H and O–H groups in total. The molecule has 0 fully saturated rings. The zero-order valence-corrected chi connectivity index (χ0v) is 9.41. The van der Waals surface area contributed by atoms with Gasteiger partial charge in [0.1, 0.15) is 0 Å². The number of hydrogen-bond acceptors (Lipinski definition) is 3. The first-order valence-corrected chi connectivity index (χ1v) is 4.52. The van der Waals surface area contributed by atoms with Crippen LogP contribution in [0, 0.1) is 6.92 Å². The van der Waals surface area contributed by atoms with Crippen molar-refractivity contribution in [2.24, 2.45) is 0 Å². The van der Waals surface area contributed by atoms with Crippen molar-refractivity contribution >= 4 is 24.8 Å². The van der Waals surface area contributed by atoms with Crippen LogP contribution in [0.1, 0.15) is 16.1 Å². The number of amides is 1. The minimum Gasteiger partial charge on any atom is -0.266 e. The smallest absolute Gasteiger partial charge is 0.266 e. The summed E-state index contributed by atoms with van der Waals surface area (Å²) in [6.45, 7) is 1.86. The fraction of sp³-hybridized carbons (Fsp3) is 0.143. The molecule has 1 amide bonds. The molecule has 0 aliphatic carbocycles. The molecule has 0 bridgehead atoms. The van der Waals surface area contributed by atoms with Crippen molar-refractivity contribution in [1.82, 2.24) is 9.82 Å². The summed E-state index contributed by atoms with van der Waals surface area (Å²) >= 11 is 0. The molecule has 1 heterocycles. The van der Waals surface area contributed by atoms with Crippen molar-refractivity contribution < 1.29 is 9.42 Å². The lowest BCUT2D eigenvalue weighted by Crippen LogP contribution is -2.17. The van der Waals surface area contributed by atoms with E-state index in [2.05, 4.69) is 19.0 Å². The molecule has 0 aliphatic rings. The Bertz CT molecular complexity index is 302. The number of aryl methyl sites for hydroxylation is 1. The molecular formula is C7H10N2O2P2. The lowest BCUT2D eigenvalue weighted by Gasteiger charge is -2.12. The molecule has 1 rings (SSSR count). The van der Waals surface area contributed by atoms with Crippen LogP contribution in [-0.4, -0.2) is 15.7 Å². The zero-order chi connectivity index (χ0) is 9.84. The van der Waals surface area contributed by atoms with Gasteiger partial charge in [0.2, 0.25) is 0 Å². The van der Waals surface area contributed by atoms with E-state index < -0.39 is 0 Å². The lowest BCUT2D eigenvalue weighted by atomic mass is 10.2. The Hall–Kier alpha value is -0.560. The maximum Gasteiger partial charge on any atom is 0.282 e. The molecule has 13 heavy (non-hydrogen) atoms. The number of hydroxylamine groups is 1. The van der Waals surface area contributed by atoms with Gasteiger partial charge in [-0.1, -0.05) is 0 Å². The van der Waals surface area contributed by atoms with Gasteiger partial charge < -0.3 is 0 Å². The topological polar surface area (TPSA) is 42.4 Å². The van der Waals surface area contributed by atoms with Gasteiger partial charge in [0.15, 0.2) is 0 Å². The van der Waals surface area contributed by atoms with E-state index in [9.17, 15) is 4.79 Å². The maximum atomic E-state index is 11.4. The fourth-order valence-electron chi connectivity index (χ4n) is 0.769. The molecule has 1 aromatic rings. The average molecular weight is 216 g/mol. The van der Waals surface area contributed by atoms with E-state index >= 15 is 0 Å². The quantitative estimate of drug-likeness (QED) is 0.553. The van der Waals surface area contributed by atoms with Gasteiger partial charge in [-0.25, -0.2) is 4.83 Å². The molecule has 0 aromatic carbocycles. The Labute approximate surface area is 81.2 Å². The van der Waals surface area contributed by atoms with Gasteiger partial charge in [0, 0.05) is 21.4 Å². The van der Waals surface area contributed by atoms with Crippen molar-refractivity contribution in [3.8, 4) is 0 Å². The maximum absolute atomic E-state index is 11.4. The van der Waals surface area contributed by atoms with E-state index in [0.717, 1.165) is 10.5 Å².